The molecule has 0 radical (unpaired) electrons. The normalized spacial score (nSPS) is 52.6. The van der Waals surface area contributed by atoms with Crippen LogP contribution in [0.5, 0.6) is 0 Å². The van der Waals surface area contributed by atoms with E-state index in [9.17, 15) is 10.2 Å². The molecular weight excluding hydrogens is 274 g/mol. The molecule has 3 saturated carbocycles. The lowest BCUT2D eigenvalue weighted by Crippen LogP contribution is -2.56. The second kappa shape index (κ2) is 5.61. The summed E-state index contributed by atoms with van der Waals surface area (Å²) < 4.78 is 0. The first kappa shape index (κ1) is 16.5. The Labute approximate surface area is 135 Å². The molecule has 3 aliphatic rings. The number of hydrogen-bond donors (Lipinski definition) is 3. The van der Waals surface area contributed by atoms with Gasteiger partial charge in [-0.05, 0) is 73.5 Å². The summed E-state index contributed by atoms with van der Waals surface area (Å²) in [5, 5.41) is 19.9. The van der Waals surface area contributed by atoms with E-state index in [0.29, 0.717) is 11.8 Å². The van der Waals surface area contributed by atoms with Gasteiger partial charge in [0.1, 0.15) is 0 Å². The molecule has 0 amide bonds. The van der Waals surface area contributed by atoms with E-state index in [1.54, 1.807) is 0 Å². The molecule has 0 aromatic carbocycles. The summed E-state index contributed by atoms with van der Waals surface area (Å²) in [6.45, 7) is 9.16. The minimum Gasteiger partial charge on any atom is -0.396 e. The number of aliphatic hydroxyl groups excluding tert-OH is 2. The lowest BCUT2D eigenvalue weighted by Gasteiger charge is -2.55. The van der Waals surface area contributed by atoms with Gasteiger partial charge in [-0.25, -0.2) is 0 Å². The van der Waals surface area contributed by atoms with Crippen LogP contribution in [0.25, 0.3) is 0 Å². The highest BCUT2D eigenvalue weighted by molar-refractivity contribution is 5.21. The topological polar surface area (TPSA) is 66.5 Å². The van der Waals surface area contributed by atoms with Gasteiger partial charge in [-0.15, -0.1) is 0 Å². The first-order chi connectivity index (χ1) is 10.3. The first-order valence-electron chi connectivity index (χ1n) is 9.05. The van der Waals surface area contributed by atoms with E-state index < -0.39 is 0 Å². The highest BCUT2D eigenvalue weighted by atomic mass is 16.3. The third kappa shape index (κ3) is 2.28. The highest BCUT2D eigenvalue weighted by Gasteiger charge is 2.55. The first-order valence-corrected chi connectivity index (χ1v) is 9.05. The van der Waals surface area contributed by atoms with Crippen LogP contribution in [0.1, 0.15) is 58.8 Å². The fourth-order valence-electron chi connectivity index (χ4n) is 6.04. The largest absolute Gasteiger partial charge is 0.396 e. The number of nitrogens with two attached hydrogens (primary N) is 1. The van der Waals surface area contributed by atoms with E-state index >= 15 is 0 Å². The molecular formula is C19H33NO2. The zero-order valence-electron chi connectivity index (χ0n) is 14.2. The van der Waals surface area contributed by atoms with E-state index in [1.165, 1.54) is 18.4 Å². The monoisotopic (exact) mass is 307 g/mol. The lowest BCUT2D eigenvalue weighted by atomic mass is 9.51. The van der Waals surface area contributed by atoms with E-state index in [1.807, 2.05) is 0 Å². The van der Waals surface area contributed by atoms with E-state index in [0.717, 1.165) is 32.1 Å². The third-order valence-corrected chi connectivity index (χ3v) is 7.86. The van der Waals surface area contributed by atoms with Crippen molar-refractivity contribution in [1.82, 2.24) is 0 Å². The molecule has 3 nitrogen and oxygen atoms in total. The Morgan fingerprint density at radius 2 is 1.91 bits per heavy atom. The standard InChI is InChI=1S/C19H33NO2/c1-12-4-5-15-17(20)16(7-9-18(12,15)2)19(3)8-6-14(22)10-13(19)11-21/h13-17,21-22H,1,4-11,20H2,2-3H3/t13-,14+,15?,16?,17+,18-,19+/m1/s1. The zero-order valence-corrected chi connectivity index (χ0v) is 14.2. The average Bonchev–Trinajstić information content (AvgIpc) is 2.78. The van der Waals surface area contributed by atoms with Gasteiger partial charge in [0.05, 0.1) is 6.10 Å². The Kier molecular flexibility index (Phi) is 4.20. The van der Waals surface area contributed by atoms with Crippen LogP contribution < -0.4 is 5.73 Å². The molecule has 126 valence electrons. The highest BCUT2D eigenvalue weighted by Crippen LogP contribution is 2.60. The van der Waals surface area contributed by atoms with Crippen molar-refractivity contribution >= 4 is 0 Å². The summed E-state index contributed by atoms with van der Waals surface area (Å²) in [5.41, 5.74) is 8.49. The van der Waals surface area contributed by atoms with Crippen LogP contribution in [0.2, 0.25) is 0 Å². The summed E-state index contributed by atoms with van der Waals surface area (Å²) in [6.07, 6.45) is 6.94. The molecule has 0 aromatic heterocycles. The van der Waals surface area contributed by atoms with E-state index in [2.05, 4.69) is 20.4 Å². The Morgan fingerprint density at radius 1 is 1.18 bits per heavy atom. The third-order valence-electron chi connectivity index (χ3n) is 7.86. The zero-order chi connectivity index (χ0) is 16.1. The van der Waals surface area contributed by atoms with E-state index in [-0.39, 0.29) is 35.5 Å². The second-order valence-electron chi connectivity index (χ2n) is 8.70. The Morgan fingerprint density at radius 3 is 2.59 bits per heavy atom. The van der Waals surface area contributed by atoms with Gasteiger partial charge < -0.3 is 15.9 Å². The van der Waals surface area contributed by atoms with Crippen molar-refractivity contribution in [3.63, 3.8) is 0 Å². The second-order valence-corrected chi connectivity index (χ2v) is 8.70. The lowest BCUT2D eigenvalue weighted by molar-refractivity contribution is -0.0745. The molecule has 0 spiro atoms. The minimum absolute atomic E-state index is 0.0681. The Balaban J connectivity index is 1.85. The van der Waals surface area contributed by atoms with Gasteiger partial charge >= 0.3 is 0 Å². The van der Waals surface area contributed by atoms with Gasteiger partial charge in [0.25, 0.3) is 0 Å². The van der Waals surface area contributed by atoms with E-state index in [4.69, 9.17) is 5.73 Å². The summed E-state index contributed by atoms with van der Waals surface area (Å²) in [7, 11) is 0. The summed E-state index contributed by atoms with van der Waals surface area (Å²) >= 11 is 0. The molecule has 3 heteroatoms. The summed E-state index contributed by atoms with van der Waals surface area (Å²) in [4.78, 5) is 0. The number of allylic oxidation sites excluding steroid dienone is 1. The number of fused-ring (bicyclic) bond motifs is 1. The number of rotatable bonds is 2. The van der Waals surface area contributed by atoms with Crippen LogP contribution in [0.4, 0.5) is 0 Å². The molecule has 4 N–H and O–H groups in total. The van der Waals surface area contributed by atoms with Crippen molar-refractivity contribution in [2.24, 2.45) is 34.3 Å². The van der Waals surface area contributed by atoms with Crippen LogP contribution >= 0.6 is 0 Å². The minimum atomic E-state index is -0.249. The molecule has 3 rings (SSSR count). The fraction of sp³-hybridized carbons (Fsp3) is 0.895. The van der Waals surface area contributed by atoms with Crippen LogP contribution in [0, 0.1) is 28.6 Å². The molecule has 3 fully saturated rings. The van der Waals surface area contributed by atoms with Crippen LogP contribution in [0.3, 0.4) is 0 Å². The fourth-order valence-corrected chi connectivity index (χ4v) is 6.04. The Hall–Kier alpha value is -0.380. The predicted molar refractivity (Wildman–Crippen MR) is 89.2 cm³/mol. The molecule has 0 aliphatic heterocycles. The van der Waals surface area contributed by atoms with Gasteiger partial charge in [0, 0.05) is 12.6 Å². The Bertz CT molecular complexity index is 451. The maximum Gasteiger partial charge on any atom is 0.0544 e. The van der Waals surface area contributed by atoms with Crippen molar-refractivity contribution in [1.29, 1.82) is 0 Å². The molecule has 3 aliphatic carbocycles. The predicted octanol–water partition coefficient (Wildman–Crippen LogP) is 2.86. The van der Waals surface area contributed by atoms with Crippen LogP contribution in [0.15, 0.2) is 12.2 Å². The quantitative estimate of drug-likeness (QED) is 0.687. The average molecular weight is 307 g/mol. The van der Waals surface area contributed by atoms with Crippen molar-refractivity contribution in [3.05, 3.63) is 12.2 Å². The summed E-state index contributed by atoms with van der Waals surface area (Å²) in [6, 6.07) is 0.201. The van der Waals surface area contributed by atoms with Gasteiger partial charge in [0.15, 0.2) is 0 Å². The maximum absolute atomic E-state index is 9.98. The molecule has 0 saturated heterocycles. The van der Waals surface area contributed by atoms with Gasteiger partial charge in [-0.3, -0.25) is 0 Å². The van der Waals surface area contributed by atoms with Gasteiger partial charge in [0.2, 0.25) is 0 Å². The van der Waals surface area contributed by atoms with Crippen LogP contribution in [-0.4, -0.2) is 29.0 Å². The van der Waals surface area contributed by atoms with Gasteiger partial charge in [-0.2, -0.15) is 0 Å². The molecule has 0 aromatic rings. The molecule has 2 unspecified atom stereocenters. The van der Waals surface area contributed by atoms with Crippen LogP contribution in [-0.2, 0) is 0 Å². The van der Waals surface area contributed by atoms with Crippen molar-refractivity contribution in [2.45, 2.75) is 70.9 Å². The number of hydrogen-bond acceptors (Lipinski definition) is 3. The summed E-state index contributed by atoms with van der Waals surface area (Å²) in [5.74, 6) is 1.18. The molecule has 0 heterocycles. The van der Waals surface area contributed by atoms with Crippen molar-refractivity contribution < 1.29 is 10.2 Å². The molecule has 0 bridgehead atoms. The maximum atomic E-state index is 9.98. The smallest absolute Gasteiger partial charge is 0.0544 e. The van der Waals surface area contributed by atoms with Crippen molar-refractivity contribution in [2.75, 3.05) is 6.61 Å². The van der Waals surface area contributed by atoms with Crippen molar-refractivity contribution in [3.8, 4) is 0 Å². The van der Waals surface area contributed by atoms with Gasteiger partial charge in [-0.1, -0.05) is 26.0 Å². The SMILES string of the molecule is C=C1CCC2[C@H](N)C([C@@]3(C)CC[C@H](O)C[C@@H]3CO)CC[C@]12C. The molecule has 22 heavy (non-hydrogen) atoms. The molecule has 7 atom stereocenters. The number of aliphatic hydroxyl groups is 2.